The molecule has 0 N–H and O–H groups in total. The van der Waals surface area contributed by atoms with E-state index in [-0.39, 0.29) is 0 Å². The van der Waals surface area contributed by atoms with E-state index in [2.05, 4.69) is 104 Å². The van der Waals surface area contributed by atoms with E-state index < -0.39 is 0 Å². The summed E-state index contributed by atoms with van der Waals surface area (Å²) < 4.78 is 2.24. The third kappa shape index (κ3) is 2.73. The van der Waals surface area contributed by atoms with E-state index in [9.17, 15) is 0 Å². The Hall–Kier alpha value is -2.66. The minimum Gasteiger partial charge on any atom is -0.282 e. The highest BCUT2D eigenvalue weighted by atomic mass is 127. The second-order valence-corrected chi connectivity index (χ2v) is 7.74. The topological polar surface area (TPSA) is 17.8 Å². The number of nitrogens with zero attached hydrogens (tertiary/aromatic N) is 2. The van der Waals surface area contributed by atoms with Crippen molar-refractivity contribution in [1.29, 1.82) is 0 Å². The zero-order valence-electron chi connectivity index (χ0n) is 14.9. The molecular formula is C24H17IN2. The van der Waals surface area contributed by atoms with Gasteiger partial charge in [-0.1, -0.05) is 48.5 Å². The Labute approximate surface area is 172 Å². The van der Waals surface area contributed by atoms with Crippen molar-refractivity contribution in [2.75, 3.05) is 0 Å². The van der Waals surface area contributed by atoms with E-state index in [0.29, 0.717) is 0 Å². The first-order valence-electron chi connectivity index (χ1n) is 8.94. The molecule has 0 bridgehead atoms. The van der Waals surface area contributed by atoms with Crippen molar-refractivity contribution in [3.63, 3.8) is 0 Å². The fourth-order valence-electron chi connectivity index (χ4n) is 3.76. The number of fused-ring (bicyclic) bond motifs is 3. The molecule has 0 atom stereocenters. The van der Waals surface area contributed by atoms with Crippen LogP contribution < -0.4 is 0 Å². The number of aryl methyl sites for hydroxylation is 1. The second kappa shape index (κ2) is 6.50. The summed E-state index contributed by atoms with van der Waals surface area (Å²) in [6, 6.07) is 28.0. The summed E-state index contributed by atoms with van der Waals surface area (Å²) in [5, 5.41) is 2.59. The molecule has 2 heterocycles. The molecule has 0 aliphatic heterocycles. The Morgan fingerprint density at radius 2 is 1.48 bits per heavy atom. The van der Waals surface area contributed by atoms with E-state index in [1.54, 1.807) is 0 Å². The number of halogens is 1. The predicted octanol–water partition coefficient (Wildman–Crippen LogP) is 7.03. The molecule has 0 saturated heterocycles. The molecule has 0 saturated carbocycles. The lowest BCUT2D eigenvalue weighted by Crippen LogP contribution is -1.88. The van der Waals surface area contributed by atoms with Gasteiger partial charge < -0.3 is 0 Å². The van der Waals surface area contributed by atoms with E-state index >= 15 is 0 Å². The Bertz CT molecular complexity index is 1290. The molecule has 0 aliphatic carbocycles. The number of hydrogen-bond donors (Lipinski definition) is 0. The van der Waals surface area contributed by atoms with Crippen molar-refractivity contribution in [3.05, 3.63) is 90.6 Å². The molecule has 2 aromatic heterocycles. The van der Waals surface area contributed by atoms with Gasteiger partial charge in [0.1, 0.15) is 0 Å². The van der Waals surface area contributed by atoms with E-state index in [1.165, 1.54) is 44.1 Å². The highest BCUT2D eigenvalue weighted by Crippen LogP contribution is 2.35. The predicted molar refractivity (Wildman–Crippen MR) is 122 cm³/mol. The molecule has 0 fully saturated rings. The van der Waals surface area contributed by atoms with Gasteiger partial charge in [-0.25, -0.2) is 0 Å². The Kier molecular flexibility index (Phi) is 3.97. The van der Waals surface area contributed by atoms with Gasteiger partial charge in [0.2, 0.25) is 0 Å². The third-order valence-electron chi connectivity index (χ3n) is 5.11. The first-order valence-corrected chi connectivity index (χ1v) is 9.91. The SMILES string of the molecule is Cc1cc(-c2ccc3c(c2)c2ccccc2n3I)ccc1-c1ccccn1. The van der Waals surface area contributed by atoms with Gasteiger partial charge in [0, 0.05) is 22.5 Å². The van der Waals surface area contributed by atoms with Crippen LogP contribution in [-0.2, 0) is 0 Å². The van der Waals surface area contributed by atoms with Crippen LogP contribution in [-0.4, -0.2) is 7.76 Å². The van der Waals surface area contributed by atoms with Crippen molar-refractivity contribution in [2.45, 2.75) is 6.92 Å². The van der Waals surface area contributed by atoms with Crippen LogP contribution in [0.15, 0.2) is 85.1 Å². The lowest BCUT2D eigenvalue weighted by atomic mass is 9.97. The Morgan fingerprint density at radius 1 is 0.741 bits per heavy atom. The highest BCUT2D eigenvalue weighted by Gasteiger charge is 2.11. The first kappa shape index (κ1) is 16.5. The first-order chi connectivity index (χ1) is 13.2. The normalized spacial score (nSPS) is 11.3. The number of para-hydroxylation sites is 1. The van der Waals surface area contributed by atoms with E-state index in [1.807, 2.05) is 18.3 Å². The van der Waals surface area contributed by atoms with Crippen molar-refractivity contribution in [3.8, 4) is 22.4 Å². The van der Waals surface area contributed by atoms with Gasteiger partial charge >= 0.3 is 0 Å². The van der Waals surface area contributed by atoms with Gasteiger partial charge in [0.05, 0.1) is 39.6 Å². The summed E-state index contributed by atoms with van der Waals surface area (Å²) in [6.45, 7) is 2.16. The van der Waals surface area contributed by atoms with E-state index in [0.717, 1.165) is 5.69 Å². The van der Waals surface area contributed by atoms with Gasteiger partial charge in [-0.3, -0.25) is 7.76 Å². The van der Waals surface area contributed by atoms with Crippen molar-refractivity contribution >= 4 is 44.7 Å². The average molecular weight is 460 g/mol. The van der Waals surface area contributed by atoms with Gasteiger partial charge in [-0.15, -0.1) is 0 Å². The van der Waals surface area contributed by atoms with Gasteiger partial charge in [0.25, 0.3) is 0 Å². The van der Waals surface area contributed by atoms with Crippen LogP contribution in [0.3, 0.4) is 0 Å². The largest absolute Gasteiger partial charge is 0.282 e. The molecule has 0 aliphatic rings. The van der Waals surface area contributed by atoms with Crippen LogP contribution >= 0.6 is 22.9 Å². The van der Waals surface area contributed by atoms with Crippen LogP contribution in [0.1, 0.15) is 5.56 Å². The Morgan fingerprint density at radius 3 is 2.30 bits per heavy atom. The number of benzene rings is 3. The zero-order chi connectivity index (χ0) is 18.4. The molecule has 3 heteroatoms. The van der Waals surface area contributed by atoms with Crippen LogP contribution in [0.5, 0.6) is 0 Å². The summed E-state index contributed by atoms with van der Waals surface area (Å²) in [6.07, 6.45) is 1.84. The molecule has 0 amide bonds. The van der Waals surface area contributed by atoms with Gasteiger partial charge in [0.15, 0.2) is 0 Å². The summed E-state index contributed by atoms with van der Waals surface area (Å²) in [5.41, 5.74) is 8.43. The summed E-state index contributed by atoms with van der Waals surface area (Å²) in [5.74, 6) is 0. The molecule has 5 aromatic rings. The summed E-state index contributed by atoms with van der Waals surface area (Å²) in [7, 11) is 0. The molecule has 0 spiro atoms. The smallest absolute Gasteiger partial charge is 0.0704 e. The van der Waals surface area contributed by atoms with Crippen molar-refractivity contribution in [1.82, 2.24) is 7.76 Å². The lowest BCUT2D eigenvalue weighted by Gasteiger charge is -2.09. The molecule has 3 aromatic carbocycles. The van der Waals surface area contributed by atoms with Crippen LogP contribution in [0.25, 0.3) is 44.2 Å². The summed E-state index contributed by atoms with van der Waals surface area (Å²) >= 11 is 2.38. The number of rotatable bonds is 2. The molecule has 0 radical (unpaired) electrons. The number of aromatic nitrogens is 2. The molecular weight excluding hydrogens is 443 g/mol. The molecule has 27 heavy (non-hydrogen) atoms. The molecule has 0 unspecified atom stereocenters. The van der Waals surface area contributed by atoms with Gasteiger partial charge in [-0.05, 0) is 53.9 Å². The lowest BCUT2D eigenvalue weighted by molar-refractivity contribution is 1.31. The standard InChI is InChI=1S/C24H17IN2/c1-16-14-17(9-11-19(16)22-7-4-5-13-26-22)18-10-12-24-21(15-18)20-6-2-3-8-23(20)27(24)25/h2-15H,1H3. The maximum atomic E-state index is 4.49. The maximum absolute atomic E-state index is 4.49. The zero-order valence-corrected chi connectivity index (χ0v) is 17.0. The molecule has 130 valence electrons. The molecule has 2 nitrogen and oxygen atoms in total. The van der Waals surface area contributed by atoms with Gasteiger partial charge in [-0.2, -0.15) is 0 Å². The van der Waals surface area contributed by atoms with Crippen LogP contribution in [0.4, 0.5) is 0 Å². The monoisotopic (exact) mass is 460 g/mol. The number of pyridine rings is 1. The Balaban J connectivity index is 1.65. The third-order valence-corrected chi connectivity index (χ3v) is 6.15. The number of hydrogen-bond acceptors (Lipinski definition) is 1. The minimum atomic E-state index is 1.02. The maximum Gasteiger partial charge on any atom is 0.0704 e. The quantitative estimate of drug-likeness (QED) is 0.259. The highest BCUT2D eigenvalue weighted by molar-refractivity contribution is 14.1. The summed E-state index contributed by atoms with van der Waals surface area (Å²) in [4.78, 5) is 4.49. The van der Waals surface area contributed by atoms with Crippen LogP contribution in [0.2, 0.25) is 0 Å². The van der Waals surface area contributed by atoms with E-state index in [4.69, 9.17) is 0 Å². The van der Waals surface area contributed by atoms with Crippen LogP contribution in [0, 0.1) is 6.92 Å². The van der Waals surface area contributed by atoms with Crippen molar-refractivity contribution < 1.29 is 0 Å². The fourth-order valence-corrected chi connectivity index (χ4v) is 4.60. The minimum absolute atomic E-state index is 1.02. The average Bonchev–Trinajstić information content (AvgIpc) is 3.01. The second-order valence-electron chi connectivity index (χ2n) is 6.77. The molecule has 5 rings (SSSR count). The fraction of sp³-hybridized carbons (Fsp3) is 0.0417. The van der Waals surface area contributed by atoms with Crippen molar-refractivity contribution in [2.24, 2.45) is 0 Å².